The summed E-state index contributed by atoms with van der Waals surface area (Å²) in [6.07, 6.45) is 3.47. The molecule has 1 fully saturated rings. The number of fused-ring (bicyclic) bond motifs is 3. The molecule has 2 aromatic carbocycles. The van der Waals surface area contributed by atoms with Gasteiger partial charge in [0.15, 0.2) is 0 Å². The van der Waals surface area contributed by atoms with Crippen LogP contribution >= 0.6 is 0 Å². The lowest BCUT2D eigenvalue weighted by Gasteiger charge is -2.33. The van der Waals surface area contributed by atoms with Gasteiger partial charge in [0, 0.05) is 31.5 Å². The number of alkyl carbamates (subject to hydrolysis) is 1. The maximum atomic E-state index is 12.8. The second-order valence-corrected chi connectivity index (χ2v) is 9.44. The van der Waals surface area contributed by atoms with Crippen LogP contribution in [0.1, 0.15) is 62.5 Å². The van der Waals surface area contributed by atoms with Crippen LogP contribution in [0.2, 0.25) is 0 Å². The molecule has 2 aliphatic rings. The lowest BCUT2D eigenvalue weighted by Crippen LogP contribution is -2.45. The maximum Gasteiger partial charge on any atom is 0.407 e. The second-order valence-electron chi connectivity index (χ2n) is 9.44. The first kappa shape index (κ1) is 24.8. The molecule has 0 saturated heterocycles. The Morgan fingerprint density at radius 1 is 1.00 bits per heavy atom. The summed E-state index contributed by atoms with van der Waals surface area (Å²) in [6.45, 7) is 2.80. The molecule has 35 heavy (non-hydrogen) atoms. The molecule has 0 radical (unpaired) electrons. The first-order chi connectivity index (χ1) is 17.0. The molecule has 2 aliphatic carbocycles. The number of nitrogens with one attached hydrogen (secondary N) is 1. The first-order valence-electron chi connectivity index (χ1n) is 12.6. The van der Waals surface area contributed by atoms with E-state index in [1.807, 2.05) is 31.2 Å². The van der Waals surface area contributed by atoms with Crippen LogP contribution in [0, 0.1) is 5.92 Å². The van der Waals surface area contributed by atoms with E-state index in [-0.39, 0.29) is 43.4 Å². The van der Waals surface area contributed by atoms with E-state index in [0.717, 1.165) is 25.7 Å². The topological polar surface area (TPSA) is 95.9 Å². The summed E-state index contributed by atoms with van der Waals surface area (Å²) in [4.78, 5) is 38.1. The van der Waals surface area contributed by atoms with Crippen LogP contribution in [0.5, 0.6) is 0 Å². The van der Waals surface area contributed by atoms with Crippen LogP contribution in [0.3, 0.4) is 0 Å². The van der Waals surface area contributed by atoms with Gasteiger partial charge in [0.1, 0.15) is 6.61 Å². The van der Waals surface area contributed by atoms with Crippen LogP contribution in [-0.2, 0) is 14.3 Å². The minimum Gasteiger partial charge on any atom is -0.481 e. The fraction of sp³-hybridized carbons (Fsp3) is 0.464. The van der Waals surface area contributed by atoms with Crippen LogP contribution in [0.4, 0.5) is 4.79 Å². The van der Waals surface area contributed by atoms with Gasteiger partial charge >= 0.3 is 12.1 Å². The third kappa shape index (κ3) is 5.84. The maximum absolute atomic E-state index is 12.8. The largest absolute Gasteiger partial charge is 0.481 e. The van der Waals surface area contributed by atoms with E-state index in [1.54, 1.807) is 4.90 Å². The van der Waals surface area contributed by atoms with Gasteiger partial charge in [-0.2, -0.15) is 0 Å². The summed E-state index contributed by atoms with van der Waals surface area (Å²) in [5.74, 6) is -0.941. The second kappa shape index (κ2) is 11.4. The van der Waals surface area contributed by atoms with E-state index < -0.39 is 12.1 Å². The molecule has 4 rings (SSSR count). The third-order valence-electron chi connectivity index (χ3n) is 7.32. The number of hydrogen-bond acceptors (Lipinski definition) is 4. The van der Waals surface area contributed by atoms with Gasteiger partial charge in [-0.05, 0) is 47.9 Å². The van der Waals surface area contributed by atoms with Crippen molar-refractivity contribution in [1.82, 2.24) is 10.2 Å². The van der Waals surface area contributed by atoms with Crippen LogP contribution < -0.4 is 5.32 Å². The van der Waals surface area contributed by atoms with Gasteiger partial charge in [0.05, 0.1) is 6.42 Å². The van der Waals surface area contributed by atoms with E-state index in [2.05, 4.69) is 29.6 Å². The Morgan fingerprint density at radius 2 is 1.63 bits per heavy atom. The normalized spacial score (nSPS) is 18.9. The van der Waals surface area contributed by atoms with Crippen LogP contribution in [0.15, 0.2) is 48.5 Å². The van der Waals surface area contributed by atoms with Crippen molar-refractivity contribution >= 4 is 18.0 Å². The molecule has 2 amide bonds. The van der Waals surface area contributed by atoms with Crippen molar-refractivity contribution < 1.29 is 24.2 Å². The fourth-order valence-electron chi connectivity index (χ4n) is 5.48. The highest BCUT2D eigenvalue weighted by Crippen LogP contribution is 2.44. The molecule has 0 bridgehead atoms. The molecule has 0 heterocycles. The monoisotopic (exact) mass is 478 g/mol. The highest BCUT2D eigenvalue weighted by molar-refractivity contribution is 5.79. The molecule has 0 aromatic heterocycles. The summed E-state index contributed by atoms with van der Waals surface area (Å²) in [5, 5.41) is 12.0. The Labute approximate surface area is 206 Å². The van der Waals surface area contributed by atoms with E-state index in [1.165, 1.54) is 22.3 Å². The first-order valence-corrected chi connectivity index (χ1v) is 12.6. The molecule has 7 nitrogen and oxygen atoms in total. The number of aliphatic carboxylic acids is 1. The molecule has 186 valence electrons. The van der Waals surface area contributed by atoms with Gasteiger partial charge in [-0.1, -0.05) is 61.4 Å². The highest BCUT2D eigenvalue weighted by atomic mass is 16.5. The Kier molecular flexibility index (Phi) is 8.06. The fourth-order valence-corrected chi connectivity index (χ4v) is 5.48. The average molecular weight is 479 g/mol. The quantitative estimate of drug-likeness (QED) is 0.540. The van der Waals surface area contributed by atoms with Gasteiger partial charge in [-0.25, -0.2) is 4.79 Å². The Bertz CT molecular complexity index is 1020. The number of hydrogen-bond donors (Lipinski definition) is 2. The Balaban J connectivity index is 1.35. The van der Waals surface area contributed by atoms with Crippen LogP contribution in [-0.4, -0.2) is 53.7 Å². The molecule has 2 N–H and O–H groups in total. The lowest BCUT2D eigenvalue weighted by molar-refractivity contribution is -0.138. The van der Waals surface area contributed by atoms with Crippen molar-refractivity contribution in [1.29, 1.82) is 0 Å². The smallest absolute Gasteiger partial charge is 0.407 e. The predicted molar refractivity (Wildman–Crippen MR) is 133 cm³/mol. The molecule has 2 unspecified atom stereocenters. The number of carboxylic acid groups (broad SMARTS) is 1. The summed E-state index contributed by atoms with van der Waals surface area (Å²) in [5.41, 5.74) is 4.71. The molecule has 1 saturated carbocycles. The Hall–Kier alpha value is -3.35. The molecular weight excluding hydrogens is 444 g/mol. The van der Waals surface area contributed by atoms with E-state index in [4.69, 9.17) is 9.84 Å². The average Bonchev–Trinajstić information content (AvgIpc) is 3.18. The number of ether oxygens (including phenoxy) is 1. The summed E-state index contributed by atoms with van der Waals surface area (Å²) in [7, 11) is 0. The van der Waals surface area contributed by atoms with Crippen LogP contribution in [0.25, 0.3) is 11.1 Å². The Morgan fingerprint density at radius 3 is 2.26 bits per heavy atom. The number of rotatable bonds is 9. The minimum atomic E-state index is -0.913. The third-order valence-corrected chi connectivity index (χ3v) is 7.32. The summed E-state index contributed by atoms with van der Waals surface area (Å²) < 4.78 is 5.72. The molecule has 0 aliphatic heterocycles. The molecule has 7 heteroatoms. The highest BCUT2D eigenvalue weighted by Gasteiger charge is 2.32. The number of carboxylic acids is 1. The van der Waals surface area contributed by atoms with E-state index in [9.17, 15) is 14.4 Å². The number of nitrogens with zero attached hydrogens (tertiary/aromatic N) is 1. The van der Waals surface area contributed by atoms with Crippen molar-refractivity contribution in [2.24, 2.45) is 5.92 Å². The number of carbonyl (C=O) groups excluding carboxylic acids is 2. The van der Waals surface area contributed by atoms with Crippen molar-refractivity contribution in [2.45, 2.75) is 57.4 Å². The lowest BCUT2D eigenvalue weighted by atomic mass is 9.82. The molecular formula is C28H34N2O5. The number of benzene rings is 2. The van der Waals surface area contributed by atoms with Gasteiger partial charge in [-0.15, -0.1) is 0 Å². The zero-order chi connectivity index (χ0) is 24.8. The number of amides is 2. The van der Waals surface area contributed by atoms with E-state index >= 15 is 0 Å². The SMILES string of the molecule is CCN(CCC(=O)O)C(=O)CC1CCCCC1NC(=O)OCC1c2ccccc2-c2ccccc21. The number of carbonyl (C=O) groups is 3. The molecule has 2 atom stereocenters. The standard InChI is InChI=1S/C28H34N2O5/c1-2-30(16-15-27(32)33)26(31)17-19-9-3-8-14-25(19)29-28(34)35-18-24-22-12-6-4-10-20(22)21-11-5-7-13-23(21)24/h4-7,10-13,19,24-25H,2-3,8-9,14-18H2,1H3,(H,29,34)(H,32,33). The van der Waals surface area contributed by atoms with Gasteiger partial charge in [-0.3, -0.25) is 9.59 Å². The van der Waals surface area contributed by atoms with Crippen molar-refractivity contribution in [3.8, 4) is 11.1 Å². The molecule has 0 spiro atoms. The zero-order valence-corrected chi connectivity index (χ0v) is 20.2. The van der Waals surface area contributed by atoms with E-state index in [0.29, 0.717) is 13.0 Å². The van der Waals surface area contributed by atoms with Crippen molar-refractivity contribution in [2.75, 3.05) is 19.7 Å². The summed E-state index contributed by atoms with van der Waals surface area (Å²) >= 11 is 0. The summed E-state index contributed by atoms with van der Waals surface area (Å²) in [6, 6.07) is 16.3. The van der Waals surface area contributed by atoms with Crippen molar-refractivity contribution in [3.63, 3.8) is 0 Å². The van der Waals surface area contributed by atoms with Gasteiger partial charge in [0.25, 0.3) is 0 Å². The van der Waals surface area contributed by atoms with Crippen molar-refractivity contribution in [3.05, 3.63) is 59.7 Å². The van der Waals surface area contributed by atoms with Gasteiger partial charge in [0.2, 0.25) is 5.91 Å². The predicted octanol–water partition coefficient (Wildman–Crippen LogP) is 4.80. The minimum absolute atomic E-state index is 0.00392. The zero-order valence-electron chi connectivity index (χ0n) is 20.2. The molecule has 2 aromatic rings. The van der Waals surface area contributed by atoms with Gasteiger partial charge < -0.3 is 20.1 Å².